The van der Waals surface area contributed by atoms with Crippen LogP contribution in [0.15, 0.2) is 29.1 Å². The second-order valence-electron chi connectivity index (χ2n) is 5.47. The molecular formula is C16H18FN5O. The molecule has 3 rings (SSSR count). The number of rotatable bonds is 5. The number of hydrogen-bond donors (Lipinski definition) is 2. The third kappa shape index (κ3) is 3.08. The first kappa shape index (κ1) is 15.2. The number of nitrogens with two attached hydrogens (primary N) is 1. The summed E-state index contributed by atoms with van der Waals surface area (Å²) in [6.07, 6.45) is 2.70. The fraction of sp³-hybridized carbons (Fsp3) is 0.312. The zero-order chi connectivity index (χ0) is 16.4. The van der Waals surface area contributed by atoms with Gasteiger partial charge in [0, 0.05) is 6.42 Å². The van der Waals surface area contributed by atoms with E-state index in [0.717, 1.165) is 18.4 Å². The molecule has 0 aliphatic rings. The zero-order valence-electron chi connectivity index (χ0n) is 12.8. The molecule has 0 amide bonds. The minimum atomic E-state index is -0.312. The predicted octanol–water partition coefficient (Wildman–Crippen LogP) is 2.23. The molecule has 120 valence electrons. The maximum absolute atomic E-state index is 13.0. The van der Waals surface area contributed by atoms with Gasteiger partial charge in [-0.2, -0.15) is 0 Å². The maximum Gasteiger partial charge on any atom is 0.328 e. The molecule has 3 aromatic rings. The highest BCUT2D eigenvalue weighted by Gasteiger charge is 2.14. The number of halogens is 1. The van der Waals surface area contributed by atoms with Gasteiger partial charge in [-0.15, -0.1) is 0 Å². The lowest BCUT2D eigenvalue weighted by Crippen LogP contribution is -2.18. The monoisotopic (exact) mass is 315 g/mol. The Morgan fingerprint density at radius 1 is 1.26 bits per heavy atom. The Kier molecular flexibility index (Phi) is 4.10. The summed E-state index contributed by atoms with van der Waals surface area (Å²) in [4.78, 5) is 23.6. The van der Waals surface area contributed by atoms with Crippen molar-refractivity contribution in [3.63, 3.8) is 0 Å². The number of aromatic amines is 1. The lowest BCUT2D eigenvalue weighted by atomic mass is 10.2. The maximum atomic E-state index is 13.0. The van der Waals surface area contributed by atoms with Gasteiger partial charge in [0.1, 0.15) is 17.2 Å². The quantitative estimate of drug-likeness (QED) is 0.755. The largest absolute Gasteiger partial charge is 0.382 e. The van der Waals surface area contributed by atoms with Gasteiger partial charge in [0.05, 0.1) is 6.54 Å². The van der Waals surface area contributed by atoms with Crippen LogP contribution in [0, 0.1) is 5.82 Å². The first-order valence-corrected chi connectivity index (χ1v) is 7.58. The molecule has 0 fully saturated rings. The lowest BCUT2D eigenvalue weighted by molar-refractivity contribution is 0.626. The van der Waals surface area contributed by atoms with Crippen molar-refractivity contribution in [2.75, 3.05) is 5.73 Å². The molecule has 0 saturated carbocycles. The van der Waals surface area contributed by atoms with E-state index >= 15 is 0 Å². The third-order valence-electron chi connectivity index (χ3n) is 3.70. The van der Waals surface area contributed by atoms with E-state index in [9.17, 15) is 9.18 Å². The number of nitrogens with one attached hydrogen (secondary N) is 1. The van der Waals surface area contributed by atoms with E-state index < -0.39 is 0 Å². The summed E-state index contributed by atoms with van der Waals surface area (Å²) < 4.78 is 14.5. The summed E-state index contributed by atoms with van der Waals surface area (Å²) >= 11 is 0. The lowest BCUT2D eigenvalue weighted by Gasteiger charge is -2.05. The van der Waals surface area contributed by atoms with Gasteiger partial charge in [-0.25, -0.2) is 19.2 Å². The molecule has 2 aromatic heterocycles. The van der Waals surface area contributed by atoms with Crippen LogP contribution in [0.2, 0.25) is 0 Å². The number of hydrogen-bond acceptors (Lipinski definition) is 4. The molecule has 0 aliphatic heterocycles. The van der Waals surface area contributed by atoms with Crippen LogP contribution in [0.5, 0.6) is 0 Å². The molecule has 6 nitrogen and oxygen atoms in total. The fourth-order valence-corrected chi connectivity index (χ4v) is 2.46. The Morgan fingerprint density at radius 2 is 2.00 bits per heavy atom. The van der Waals surface area contributed by atoms with Crippen LogP contribution < -0.4 is 11.4 Å². The number of H-pyrrole nitrogens is 1. The van der Waals surface area contributed by atoms with Crippen LogP contribution in [0.25, 0.3) is 11.2 Å². The Bertz CT molecular complexity index is 882. The van der Waals surface area contributed by atoms with Gasteiger partial charge in [-0.1, -0.05) is 25.5 Å². The van der Waals surface area contributed by atoms with Crippen LogP contribution in [0.4, 0.5) is 10.2 Å². The number of fused-ring (bicyclic) bond motifs is 1. The molecular weight excluding hydrogens is 297 g/mol. The molecule has 2 heterocycles. The normalized spacial score (nSPS) is 11.2. The van der Waals surface area contributed by atoms with Crippen LogP contribution in [-0.4, -0.2) is 19.5 Å². The number of aryl methyl sites for hydroxylation is 1. The summed E-state index contributed by atoms with van der Waals surface area (Å²) in [5, 5.41) is 0. The number of nitrogens with zero attached hydrogens (tertiary/aromatic N) is 3. The van der Waals surface area contributed by atoms with Crippen molar-refractivity contribution in [2.24, 2.45) is 0 Å². The van der Waals surface area contributed by atoms with Gasteiger partial charge >= 0.3 is 5.69 Å². The molecule has 0 radical (unpaired) electrons. The van der Waals surface area contributed by atoms with Gasteiger partial charge in [0.25, 0.3) is 0 Å². The smallest absolute Gasteiger partial charge is 0.328 e. The SMILES string of the molecule is CCCCc1nc(N)c2[nH]c(=O)n(Cc3ccc(F)cc3)c2n1. The summed E-state index contributed by atoms with van der Waals surface area (Å²) in [6.45, 7) is 2.38. The van der Waals surface area contributed by atoms with E-state index in [-0.39, 0.29) is 17.3 Å². The van der Waals surface area contributed by atoms with Crippen LogP contribution in [0.1, 0.15) is 31.2 Å². The molecule has 0 unspecified atom stereocenters. The van der Waals surface area contributed by atoms with Crippen molar-refractivity contribution >= 4 is 17.0 Å². The van der Waals surface area contributed by atoms with E-state index in [1.165, 1.54) is 16.7 Å². The number of benzene rings is 1. The Morgan fingerprint density at radius 3 is 2.70 bits per heavy atom. The molecule has 23 heavy (non-hydrogen) atoms. The number of imidazole rings is 1. The van der Waals surface area contributed by atoms with E-state index in [1.54, 1.807) is 12.1 Å². The minimum Gasteiger partial charge on any atom is -0.382 e. The molecule has 0 bridgehead atoms. The van der Waals surface area contributed by atoms with Crippen LogP contribution >= 0.6 is 0 Å². The van der Waals surface area contributed by atoms with Gasteiger partial charge in [0.2, 0.25) is 0 Å². The third-order valence-corrected chi connectivity index (χ3v) is 3.70. The average Bonchev–Trinajstić information content (AvgIpc) is 2.84. The number of anilines is 1. The van der Waals surface area contributed by atoms with Crippen LogP contribution in [-0.2, 0) is 13.0 Å². The van der Waals surface area contributed by atoms with Crippen LogP contribution in [0.3, 0.4) is 0 Å². The van der Waals surface area contributed by atoms with E-state index in [0.29, 0.717) is 30.0 Å². The molecule has 7 heteroatoms. The van der Waals surface area contributed by atoms with E-state index in [1.807, 2.05) is 0 Å². The first-order chi connectivity index (χ1) is 11.1. The molecule has 1 aromatic carbocycles. The van der Waals surface area contributed by atoms with Crippen molar-refractivity contribution in [3.05, 3.63) is 52.0 Å². The number of aromatic nitrogens is 4. The van der Waals surface area contributed by atoms with Gasteiger partial charge < -0.3 is 10.7 Å². The molecule has 0 saturated heterocycles. The zero-order valence-corrected chi connectivity index (χ0v) is 12.8. The van der Waals surface area contributed by atoms with Crippen molar-refractivity contribution in [2.45, 2.75) is 32.7 Å². The molecule has 0 spiro atoms. The average molecular weight is 315 g/mol. The highest BCUT2D eigenvalue weighted by atomic mass is 19.1. The van der Waals surface area contributed by atoms with Gasteiger partial charge in [-0.05, 0) is 24.1 Å². The van der Waals surface area contributed by atoms with Crippen molar-refractivity contribution in [1.82, 2.24) is 19.5 Å². The number of unbranched alkanes of at least 4 members (excludes halogenated alkanes) is 1. The van der Waals surface area contributed by atoms with Gasteiger partial charge in [0.15, 0.2) is 11.5 Å². The molecule has 3 N–H and O–H groups in total. The summed E-state index contributed by atoms with van der Waals surface area (Å²) in [7, 11) is 0. The standard InChI is InChI=1S/C16H18FN5O/c1-2-3-4-12-19-14(18)13-15(20-12)22(16(23)21-13)9-10-5-7-11(17)8-6-10/h5-8H,2-4,9H2,1H3,(H,21,23)(H2,18,19,20). The van der Waals surface area contributed by atoms with E-state index in [4.69, 9.17) is 5.73 Å². The second-order valence-corrected chi connectivity index (χ2v) is 5.47. The minimum absolute atomic E-state index is 0.274. The highest BCUT2D eigenvalue weighted by molar-refractivity contribution is 5.81. The summed E-state index contributed by atoms with van der Waals surface area (Å²) in [6, 6.07) is 6.02. The molecule has 0 atom stereocenters. The van der Waals surface area contributed by atoms with E-state index in [2.05, 4.69) is 21.9 Å². The summed E-state index contributed by atoms with van der Waals surface area (Å²) in [5.74, 6) is 0.591. The topological polar surface area (TPSA) is 89.6 Å². The first-order valence-electron chi connectivity index (χ1n) is 7.58. The van der Waals surface area contributed by atoms with Crippen molar-refractivity contribution in [3.8, 4) is 0 Å². The molecule has 0 aliphatic carbocycles. The second kappa shape index (κ2) is 6.20. The highest BCUT2D eigenvalue weighted by Crippen LogP contribution is 2.16. The number of nitrogen functional groups attached to an aromatic ring is 1. The Balaban J connectivity index is 2.04. The Hall–Kier alpha value is -2.70. The van der Waals surface area contributed by atoms with Crippen molar-refractivity contribution in [1.29, 1.82) is 0 Å². The predicted molar refractivity (Wildman–Crippen MR) is 86.7 cm³/mol. The summed E-state index contributed by atoms with van der Waals surface area (Å²) in [5.41, 5.74) is 7.37. The van der Waals surface area contributed by atoms with Crippen molar-refractivity contribution < 1.29 is 4.39 Å². The fourth-order valence-electron chi connectivity index (χ4n) is 2.46. The van der Waals surface area contributed by atoms with Gasteiger partial charge in [-0.3, -0.25) is 4.57 Å². The Labute approximate surface area is 132 Å².